The van der Waals surface area contributed by atoms with Crippen molar-refractivity contribution in [3.63, 3.8) is 0 Å². The molecule has 0 saturated carbocycles. The Morgan fingerprint density at radius 1 is 1.21 bits per heavy atom. The molecule has 0 fully saturated rings. The molecule has 1 heterocycles. The van der Waals surface area contributed by atoms with E-state index in [0.29, 0.717) is 11.5 Å². The number of thiocarbonyl (C=S) groups is 1. The van der Waals surface area contributed by atoms with Crippen LogP contribution in [0.1, 0.15) is 17.0 Å². The van der Waals surface area contributed by atoms with Crippen LogP contribution in [0, 0.1) is 6.92 Å². The largest absolute Gasteiger partial charge is 0.375 e. The van der Waals surface area contributed by atoms with Crippen LogP contribution in [0.15, 0.2) is 59.7 Å². The third kappa shape index (κ3) is 3.85. The van der Waals surface area contributed by atoms with E-state index in [1.807, 2.05) is 48.6 Å². The summed E-state index contributed by atoms with van der Waals surface area (Å²) >= 11 is 4.83. The smallest absolute Gasteiger partial charge is 0.184 e. The molecule has 0 amide bonds. The monoisotopic (exact) mass is 335 g/mol. The van der Waals surface area contributed by atoms with E-state index >= 15 is 0 Å². The maximum absolute atomic E-state index is 5.48. The lowest BCUT2D eigenvalue weighted by molar-refractivity contribution is 1.03. The van der Waals surface area contributed by atoms with Gasteiger partial charge in [-0.25, -0.2) is 4.98 Å². The summed E-state index contributed by atoms with van der Waals surface area (Å²) < 4.78 is 0. The first-order valence-corrected chi connectivity index (χ1v) is 7.85. The van der Waals surface area contributed by atoms with Gasteiger partial charge in [-0.15, -0.1) is 0 Å². The second kappa shape index (κ2) is 7.06. The molecule has 0 atom stereocenters. The minimum absolute atomic E-state index is 0.104. The number of rotatable bonds is 4. The quantitative estimate of drug-likeness (QED) is 0.389. The van der Waals surface area contributed by atoms with E-state index in [1.165, 1.54) is 5.56 Å². The van der Waals surface area contributed by atoms with Crippen molar-refractivity contribution in [1.29, 1.82) is 0 Å². The molecule has 6 heteroatoms. The van der Waals surface area contributed by atoms with E-state index in [2.05, 4.69) is 39.6 Å². The summed E-state index contributed by atoms with van der Waals surface area (Å²) in [6.07, 6.45) is 3.83. The molecule has 0 unspecified atom stereocenters. The number of hydrogen-bond acceptors (Lipinski definition) is 3. The molecule has 0 aliphatic heterocycles. The second-order valence-corrected chi connectivity index (χ2v) is 5.76. The van der Waals surface area contributed by atoms with Crippen molar-refractivity contribution >= 4 is 40.2 Å². The number of hydrazone groups is 1. The van der Waals surface area contributed by atoms with E-state index < -0.39 is 0 Å². The second-order valence-electron chi connectivity index (χ2n) is 5.32. The third-order valence-electron chi connectivity index (χ3n) is 3.43. The molecule has 1 aromatic heterocycles. The summed E-state index contributed by atoms with van der Waals surface area (Å²) in [5.41, 5.74) is 12.8. The molecule has 0 aliphatic carbocycles. The van der Waals surface area contributed by atoms with E-state index in [4.69, 9.17) is 18.0 Å². The number of hydrogen-bond donors (Lipinski definition) is 3. The lowest BCUT2D eigenvalue weighted by Crippen LogP contribution is -2.25. The number of para-hydroxylation sites is 2. The van der Waals surface area contributed by atoms with Crippen molar-refractivity contribution in [3.8, 4) is 0 Å². The Morgan fingerprint density at radius 3 is 2.67 bits per heavy atom. The Bertz CT molecular complexity index is 889. The zero-order valence-electron chi connectivity index (χ0n) is 13.2. The average Bonchev–Trinajstić information content (AvgIpc) is 3.00. The highest BCUT2D eigenvalue weighted by Gasteiger charge is 2.07. The van der Waals surface area contributed by atoms with Gasteiger partial charge in [0, 0.05) is 0 Å². The summed E-state index contributed by atoms with van der Waals surface area (Å²) in [6.45, 7) is 2.06. The van der Waals surface area contributed by atoms with Gasteiger partial charge in [0.2, 0.25) is 0 Å². The van der Waals surface area contributed by atoms with Crippen molar-refractivity contribution in [2.24, 2.45) is 10.8 Å². The molecule has 120 valence electrons. The van der Waals surface area contributed by atoms with E-state index in [0.717, 1.165) is 16.6 Å². The molecule has 5 nitrogen and oxygen atoms in total. The third-order valence-corrected chi connectivity index (χ3v) is 3.52. The van der Waals surface area contributed by atoms with Crippen LogP contribution in [0.2, 0.25) is 0 Å². The Hall–Kier alpha value is -2.99. The van der Waals surface area contributed by atoms with Gasteiger partial charge in [0.15, 0.2) is 10.9 Å². The van der Waals surface area contributed by atoms with Gasteiger partial charge < -0.3 is 10.7 Å². The van der Waals surface area contributed by atoms with Crippen molar-refractivity contribution in [1.82, 2.24) is 15.4 Å². The molecule has 2 aromatic carbocycles. The number of benzene rings is 2. The molecular weight excluding hydrogens is 318 g/mol. The molecule has 0 aliphatic rings. The summed E-state index contributed by atoms with van der Waals surface area (Å²) in [5.74, 6) is 0.642. The number of nitrogens with two attached hydrogens (primary N) is 1. The molecule has 3 aromatic rings. The van der Waals surface area contributed by atoms with Crippen molar-refractivity contribution in [2.45, 2.75) is 6.92 Å². The average molecular weight is 335 g/mol. The van der Waals surface area contributed by atoms with Crippen LogP contribution in [0.5, 0.6) is 0 Å². The first-order valence-electron chi connectivity index (χ1n) is 7.45. The number of fused-ring (bicyclic) bond motifs is 1. The van der Waals surface area contributed by atoms with Crippen LogP contribution in [0.25, 0.3) is 17.1 Å². The van der Waals surface area contributed by atoms with Gasteiger partial charge in [-0.2, -0.15) is 5.10 Å². The van der Waals surface area contributed by atoms with Crippen LogP contribution in [0.4, 0.5) is 0 Å². The summed E-state index contributed by atoms with van der Waals surface area (Å²) in [7, 11) is 0. The molecule has 4 N–H and O–H groups in total. The van der Waals surface area contributed by atoms with Crippen molar-refractivity contribution in [3.05, 3.63) is 71.6 Å². The molecule has 24 heavy (non-hydrogen) atoms. The first kappa shape index (κ1) is 15.9. The fourth-order valence-electron chi connectivity index (χ4n) is 2.21. The highest BCUT2D eigenvalue weighted by atomic mass is 32.1. The predicted octanol–water partition coefficient (Wildman–Crippen LogP) is 3.12. The fourth-order valence-corrected chi connectivity index (χ4v) is 2.26. The number of imidazole rings is 1. The highest BCUT2D eigenvalue weighted by Crippen LogP contribution is 2.12. The van der Waals surface area contributed by atoms with Crippen LogP contribution in [0.3, 0.4) is 0 Å². The Labute approximate surface area is 145 Å². The maximum Gasteiger partial charge on any atom is 0.184 e. The topological polar surface area (TPSA) is 79.1 Å². The molecule has 0 spiro atoms. The van der Waals surface area contributed by atoms with Crippen molar-refractivity contribution in [2.75, 3.05) is 0 Å². The predicted molar refractivity (Wildman–Crippen MR) is 103 cm³/mol. The van der Waals surface area contributed by atoms with Crippen LogP contribution in [-0.4, -0.2) is 20.8 Å². The molecule has 0 bridgehead atoms. The van der Waals surface area contributed by atoms with E-state index in [9.17, 15) is 0 Å². The zero-order valence-corrected chi connectivity index (χ0v) is 14.0. The number of aromatic nitrogens is 2. The molecular formula is C18H17N5S. The van der Waals surface area contributed by atoms with Crippen LogP contribution >= 0.6 is 12.2 Å². The normalized spacial score (nSPS) is 12.0. The van der Waals surface area contributed by atoms with Gasteiger partial charge in [-0.05, 0) is 42.9 Å². The number of H-pyrrole nitrogens is 1. The lowest BCUT2D eigenvalue weighted by atomic mass is 10.1. The van der Waals surface area contributed by atoms with Gasteiger partial charge in [0.25, 0.3) is 0 Å². The lowest BCUT2D eigenvalue weighted by Gasteiger charge is -2.00. The summed E-state index contributed by atoms with van der Waals surface area (Å²) in [6, 6.07) is 16.0. The Morgan fingerprint density at radius 2 is 1.96 bits per heavy atom. The van der Waals surface area contributed by atoms with Gasteiger partial charge in [0.1, 0.15) is 5.71 Å². The fraction of sp³-hybridized carbons (Fsp3) is 0.0556. The van der Waals surface area contributed by atoms with Crippen molar-refractivity contribution < 1.29 is 0 Å². The van der Waals surface area contributed by atoms with E-state index in [1.54, 1.807) is 0 Å². The van der Waals surface area contributed by atoms with Gasteiger partial charge in [-0.3, -0.25) is 5.43 Å². The molecule has 0 saturated heterocycles. The summed E-state index contributed by atoms with van der Waals surface area (Å²) in [4.78, 5) is 7.80. The Balaban J connectivity index is 1.95. The number of nitrogens with one attached hydrogen (secondary N) is 2. The first-order chi connectivity index (χ1) is 11.6. The SMILES string of the molecule is Cc1ccc(/C=C/C(=N/NC(N)=S)c2nc3ccccc3[nH]2)cc1. The Kier molecular flexibility index (Phi) is 4.67. The maximum atomic E-state index is 5.48. The number of aryl methyl sites for hydroxylation is 1. The van der Waals surface area contributed by atoms with Gasteiger partial charge >= 0.3 is 0 Å². The number of allylic oxidation sites excluding steroid dienone is 1. The van der Waals surface area contributed by atoms with Crippen LogP contribution < -0.4 is 11.2 Å². The highest BCUT2D eigenvalue weighted by molar-refractivity contribution is 7.80. The standard InChI is InChI=1S/C18H17N5S/c1-12-6-8-13(9-7-12)10-11-16(22-23-18(19)24)17-20-14-4-2-3-5-15(14)21-17/h2-11H,1H3,(H,20,21)(H3,19,23,24)/b11-10+,22-16-. The minimum atomic E-state index is 0.104. The van der Waals surface area contributed by atoms with Gasteiger partial charge in [0.05, 0.1) is 11.0 Å². The summed E-state index contributed by atoms with van der Waals surface area (Å²) in [5, 5.41) is 4.35. The van der Waals surface area contributed by atoms with E-state index in [-0.39, 0.29) is 5.11 Å². The van der Waals surface area contributed by atoms with Crippen LogP contribution in [-0.2, 0) is 0 Å². The number of nitrogens with zero attached hydrogens (tertiary/aromatic N) is 2. The number of aromatic amines is 1. The molecule has 0 radical (unpaired) electrons. The minimum Gasteiger partial charge on any atom is -0.375 e. The molecule has 3 rings (SSSR count). The van der Waals surface area contributed by atoms with Gasteiger partial charge in [-0.1, -0.05) is 48.0 Å². The zero-order chi connectivity index (χ0) is 16.9.